The van der Waals surface area contributed by atoms with E-state index in [4.69, 9.17) is 0 Å². The molecule has 0 atom stereocenters. The fraction of sp³-hybridized carbons (Fsp3) is 0.118. The van der Waals surface area contributed by atoms with Gasteiger partial charge in [0.1, 0.15) is 0 Å². The molecule has 0 aliphatic rings. The van der Waals surface area contributed by atoms with Crippen molar-refractivity contribution in [2.75, 3.05) is 0 Å². The highest BCUT2D eigenvalue weighted by Gasteiger charge is 2.07. The lowest BCUT2D eigenvalue weighted by Crippen LogP contribution is -2.21. The van der Waals surface area contributed by atoms with Crippen LogP contribution in [0.3, 0.4) is 0 Å². The monoisotopic (exact) mass is 327 g/mol. The van der Waals surface area contributed by atoms with Gasteiger partial charge in [-0.25, -0.2) is 0 Å². The zero-order valence-electron chi connectivity index (χ0n) is 11.1. The van der Waals surface area contributed by atoms with Crippen LogP contribution >= 0.6 is 15.9 Å². The Hall–Kier alpha value is -1.87. The number of hydrogen-bond acceptors (Lipinski definition) is 1. The summed E-state index contributed by atoms with van der Waals surface area (Å²) in [5.41, 5.74) is 3.00. The van der Waals surface area contributed by atoms with Gasteiger partial charge in [0.25, 0.3) is 5.56 Å². The number of halogens is 1. The van der Waals surface area contributed by atoms with E-state index in [-0.39, 0.29) is 5.56 Å². The molecule has 0 aliphatic heterocycles. The summed E-state index contributed by atoms with van der Waals surface area (Å²) in [6, 6.07) is 18.0. The van der Waals surface area contributed by atoms with Crippen LogP contribution in [0.25, 0.3) is 10.9 Å². The summed E-state index contributed by atoms with van der Waals surface area (Å²) in [5.74, 6) is 0. The molecular weight excluding hydrogens is 314 g/mol. The van der Waals surface area contributed by atoms with Gasteiger partial charge in [-0.3, -0.25) is 4.79 Å². The summed E-state index contributed by atoms with van der Waals surface area (Å²) in [6.45, 7) is 0. The third-order valence-electron chi connectivity index (χ3n) is 3.50. The van der Waals surface area contributed by atoms with E-state index in [1.165, 1.54) is 0 Å². The van der Waals surface area contributed by atoms with Crippen LogP contribution in [0.4, 0.5) is 0 Å². The van der Waals surface area contributed by atoms with Gasteiger partial charge in [0.2, 0.25) is 0 Å². The molecule has 0 spiro atoms. The van der Waals surface area contributed by atoms with Crippen molar-refractivity contribution < 1.29 is 0 Å². The molecule has 2 nitrogen and oxygen atoms in total. The van der Waals surface area contributed by atoms with Crippen molar-refractivity contribution >= 4 is 26.8 Å². The number of pyridine rings is 1. The predicted octanol–water partition coefficient (Wildman–Crippen LogP) is 3.89. The minimum absolute atomic E-state index is 0.0728. The maximum absolute atomic E-state index is 12.4. The molecule has 20 heavy (non-hydrogen) atoms. The highest BCUT2D eigenvalue weighted by Crippen LogP contribution is 2.20. The number of benzene rings is 2. The predicted molar refractivity (Wildman–Crippen MR) is 86.1 cm³/mol. The first-order chi connectivity index (χ1) is 9.65. The second-order valence-electron chi connectivity index (χ2n) is 4.90. The quantitative estimate of drug-likeness (QED) is 0.699. The molecular formula is C17H14BrNO. The average molecular weight is 328 g/mol. The van der Waals surface area contributed by atoms with Gasteiger partial charge in [-0.15, -0.1) is 0 Å². The van der Waals surface area contributed by atoms with Crippen molar-refractivity contribution in [2.45, 2.75) is 6.42 Å². The number of aryl methyl sites for hydroxylation is 1. The van der Waals surface area contributed by atoms with Gasteiger partial charge in [-0.05, 0) is 35.2 Å². The van der Waals surface area contributed by atoms with Crippen LogP contribution in [0.2, 0.25) is 0 Å². The van der Waals surface area contributed by atoms with Crippen LogP contribution < -0.4 is 5.56 Å². The number of fused-ring (bicyclic) bond motifs is 1. The van der Waals surface area contributed by atoms with Gasteiger partial charge in [0.05, 0.1) is 5.52 Å². The van der Waals surface area contributed by atoms with Gasteiger partial charge in [0.15, 0.2) is 0 Å². The average Bonchev–Trinajstić information content (AvgIpc) is 2.45. The fourth-order valence-corrected chi connectivity index (χ4v) is 2.84. The summed E-state index contributed by atoms with van der Waals surface area (Å²) in [5, 5.41) is 1.08. The third-order valence-corrected chi connectivity index (χ3v) is 3.99. The van der Waals surface area contributed by atoms with Gasteiger partial charge in [0, 0.05) is 23.5 Å². The van der Waals surface area contributed by atoms with E-state index in [9.17, 15) is 4.79 Å². The highest BCUT2D eigenvalue weighted by molar-refractivity contribution is 9.10. The lowest BCUT2D eigenvalue weighted by atomic mass is 10.0. The van der Waals surface area contributed by atoms with Crippen LogP contribution in [0.5, 0.6) is 0 Å². The Labute approximate surface area is 125 Å². The van der Waals surface area contributed by atoms with E-state index < -0.39 is 0 Å². The van der Waals surface area contributed by atoms with Gasteiger partial charge >= 0.3 is 0 Å². The van der Waals surface area contributed by atoms with Crippen LogP contribution in [0.15, 0.2) is 63.9 Å². The summed E-state index contributed by atoms with van der Waals surface area (Å²) in [4.78, 5) is 12.4. The van der Waals surface area contributed by atoms with Crippen molar-refractivity contribution in [3.05, 3.63) is 80.6 Å². The number of nitrogens with zero attached hydrogens (tertiary/aromatic N) is 1. The Morgan fingerprint density at radius 3 is 2.55 bits per heavy atom. The first-order valence-corrected chi connectivity index (χ1v) is 7.26. The molecule has 3 rings (SSSR count). The lowest BCUT2D eigenvalue weighted by molar-refractivity contribution is 0.882. The molecule has 0 saturated heterocycles. The zero-order chi connectivity index (χ0) is 14.1. The standard InChI is InChI=1S/C17H14BrNO/c1-19-16-8-7-15(18)11-13(16)10-14(17(19)20)9-12-5-3-2-4-6-12/h2-8,10-11H,9H2,1H3. The molecule has 0 aliphatic carbocycles. The molecule has 3 aromatic rings. The second kappa shape index (κ2) is 5.25. The summed E-state index contributed by atoms with van der Waals surface area (Å²) in [6.07, 6.45) is 0.663. The molecule has 1 heterocycles. The topological polar surface area (TPSA) is 22.0 Å². The molecule has 0 unspecified atom stereocenters. The smallest absolute Gasteiger partial charge is 0.254 e. The number of hydrogen-bond donors (Lipinski definition) is 0. The molecule has 3 heteroatoms. The van der Waals surface area contributed by atoms with Crippen molar-refractivity contribution in [1.82, 2.24) is 4.57 Å². The third kappa shape index (κ3) is 2.41. The largest absolute Gasteiger partial charge is 0.311 e. The van der Waals surface area contributed by atoms with Gasteiger partial charge < -0.3 is 4.57 Å². The van der Waals surface area contributed by atoms with E-state index in [0.717, 1.165) is 26.5 Å². The van der Waals surface area contributed by atoms with E-state index >= 15 is 0 Å². The first kappa shape index (κ1) is 13.1. The number of rotatable bonds is 2. The van der Waals surface area contributed by atoms with Crippen molar-refractivity contribution in [3.63, 3.8) is 0 Å². The van der Waals surface area contributed by atoms with Crippen molar-refractivity contribution in [3.8, 4) is 0 Å². The highest BCUT2D eigenvalue weighted by atomic mass is 79.9. The minimum atomic E-state index is 0.0728. The molecule has 0 N–H and O–H groups in total. The van der Waals surface area contributed by atoms with Crippen LogP contribution in [-0.2, 0) is 13.5 Å². The maximum Gasteiger partial charge on any atom is 0.254 e. The Morgan fingerprint density at radius 1 is 1.05 bits per heavy atom. The number of aromatic nitrogens is 1. The van der Waals surface area contributed by atoms with Gasteiger partial charge in [-0.2, -0.15) is 0 Å². The molecule has 0 bridgehead atoms. The van der Waals surface area contributed by atoms with E-state index in [1.807, 2.05) is 61.6 Å². The van der Waals surface area contributed by atoms with Crippen LogP contribution in [0, 0.1) is 0 Å². The van der Waals surface area contributed by atoms with E-state index in [1.54, 1.807) is 4.57 Å². The summed E-state index contributed by atoms with van der Waals surface area (Å²) in [7, 11) is 1.83. The van der Waals surface area contributed by atoms with Gasteiger partial charge in [-0.1, -0.05) is 46.3 Å². The van der Waals surface area contributed by atoms with E-state index in [0.29, 0.717) is 6.42 Å². The Kier molecular flexibility index (Phi) is 3.45. The van der Waals surface area contributed by atoms with Crippen LogP contribution in [-0.4, -0.2) is 4.57 Å². The van der Waals surface area contributed by atoms with Crippen LogP contribution in [0.1, 0.15) is 11.1 Å². The zero-order valence-corrected chi connectivity index (χ0v) is 12.7. The Bertz CT molecular complexity index is 822. The summed E-state index contributed by atoms with van der Waals surface area (Å²) >= 11 is 3.48. The molecule has 0 amide bonds. The molecule has 0 radical (unpaired) electrons. The fourth-order valence-electron chi connectivity index (χ4n) is 2.46. The molecule has 0 fully saturated rings. The summed E-state index contributed by atoms with van der Waals surface area (Å²) < 4.78 is 2.74. The molecule has 100 valence electrons. The SMILES string of the molecule is Cn1c(=O)c(Cc2ccccc2)cc2cc(Br)ccc21. The Balaban J connectivity index is 2.16. The Morgan fingerprint density at radius 2 is 1.80 bits per heavy atom. The van der Waals surface area contributed by atoms with Crippen molar-refractivity contribution in [1.29, 1.82) is 0 Å². The molecule has 1 aromatic heterocycles. The maximum atomic E-state index is 12.4. The normalized spacial score (nSPS) is 10.9. The first-order valence-electron chi connectivity index (χ1n) is 6.47. The molecule has 2 aromatic carbocycles. The molecule has 0 saturated carbocycles. The minimum Gasteiger partial charge on any atom is -0.311 e. The lowest BCUT2D eigenvalue weighted by Gasteiger charge is -2.09. The second-order valence-corrected chi connectivity index (χ2v) is 5.81. The van der Waals surface area contributed by atoms with Crippen molar-refractivity contribution in [2.24, 2.45) is 7.05 Å². The van der Waals surface area contributed by atoms with E-state index in [2.05, 4.69) is 15.9 Å².